The highest BCUT2D eigenvalue weighted by Gasteiger charge is 2.64. The lowest BCUT2D eigenvalue weighted by atomic mass is 10.0. The van der Waals surface area contributed by atoms with Crippen LogP contribution in [-0.2, 0) is 0 Å². The van der Waals surface area contributed by atoms with Crippen molar-refractivity contribution in [3.05, 3.63) is 34.9 Å². The molecule has 2 heteroatoms. The van der Waals surface area contributed by atoms with Gasteiger partial charge in [-0.2, -0.15) is 0 Å². The van der Waals surface area contributed by atoms with Gasteiger partial charge in [-0.15, -0.1) is 0 Å². The average molecular weight is 276 g/mol. The molecule has 5 unspecified atom stereocenters. The number of nitrogens with one attached hydrogen (secondary N) is 1. The molecule has 3 aliphatic carbocycles. The average Bonchev–Trinajstić information content (AvgIpc) is 2.81. The van der Waals surface area contributed by atoms with E-state index in [-0.39, 0.29) is 0 Å². The molecule has 1 aromatic carbocycles. The van der Waals surface area contributed by atoms with E-state index in [1.807, 2.05) is 6.07 Å². The van der Waals surface area contributed by atoms with E-state index in [9.17, 15) is 0 Å². The van der Waals surface area contributed by atoms with Gasteiger partial charge in [0.25, 0.3) is 0 Å². The molecule has 0 radical (unpaired) electrons. The van der Waals surface area contributed by atoms with Crippen LogP contribution in [0.4, 0.5) is 0 Å². The second-order valence-corrected chi connectivity index (χ2v) is 7.13. The molecule has 19 heavy (non-hydrogen) atoms. The Hall–Kier alpha value is -0.530. The Balaban J connectivity index is 1.47. The highest BCUT2D eigenvalue weighted by molar-refractivity contribution is 6.30. The van der Waals surface area contributed by atoms with Crippen molar-refractivity contribution in [3.63, 3.8) is 0 Å². The number of halogens is 1. The van der Waals surface area contributed by atoms with Gasteiger partial charge >= 0.3 is 0 Å². The molecule has 0 spiro atoms. The fraction of sp³-hybridized carbons (Fsp3) is 0.647. The minimum atomic E-state index is 0.480. The molecule has 2 bridgehead atoms. The molecule has 0 heterocycles. The third kappa shape index (κ3) is 1.94. The molecule has 5 atom stereocenters. The summed E-state index contributed by atoms with van der Waals surface area (Å²) in [5, 5.41) is 4.78. The highest BCUT2D eigenvalue weighted by Crippen LogP contribution is 2.65. The second kappa shape index (κ2) is 4.49. The summed E-state index contributed by atoms with van der Waals surface area (Å²) in [7, 11) is 0. The van der Waals surface area contributed by atoms with Gasteiger partial charge in [-0.25, -0.2) is 0 Å². The normalized spacial score (nSPS) is 40.2. The lowest BCUT2D eigenvalue weighted by Crippen LogP contribution is -2.27. The van der Waals surface area contributed by atoms with Crippen LogP contribution in [0.5, 0.6) is 0 Å². The number of rotatable bonds is 4. The highest BCUT2D eigenvalue weighted by atomic mass is 35.5. The van der Waals surface area contributed by atoms with Crippen LogP contribution in [0.3, 0.4) is 0 Å². The van der Waals surface area contributed by atoms with Gasteiger partial charge in [-0.3, -0.25) is 0 Å². The molecular weight excluding hydrogens is 254 g/mol. The smallest absolute Gasteiger partial charge is 0.0409 e. The molecule has 3 aliphatic rings. The van der Waals surface area contributed by atoms with E-state index in [4.69, 9.17) is 11.6 Å². The summed E-state index contributed by atoms with van der Waals surface area (Å²) in [5.41, 5.74) is 1.35. The number of fused-ring (bicyclic) bond motifs is 5. The molecule has 0 saturated heterocycles. The molecule has 1 N–H and O–H groups in total. The first-order valence-electron chi connectivity index (χ1n) is 7.79. The van der Waals surface area contributed by atoms with Crippen molar-refractivity contribution in [2.24, 2.45) is 23.7 Å². The quantitative estimate of drug-likeness (QED) is 0.857. The van der Waals surface area contributed by atoms with Crippen LogP contribution in [0.25, 0.3) is 0 Å². The third-order valence-electron chi connectivity index (χ3n) is 5.79. The van der Waals surface area contributed by atoms with Crippen LogP contribution >= 0.6 is 11.6 Å². The van der Waals surface area contributed by atoms with Gasteiger partial charge < -0.3 is 5.32 Å². The summed E-state index contributed by atoms with van der Waals surface area (Å²) < 4.78 is 0. The summed E-state index contributed by atoms with van der Waals surface area (Å²) in [6.45, 7) is 2.27. The lowest BCUT2D eigenvalue weighted by molar-refractivity contribution is 0.415. The zero-order valence-corrected chi connectivity index (χ0v) is 12.2. The number of hydrogen-bond acceptors (Lipinski definition) is 1. The monoisotopic (exact) mass is 275 g/mol. The topological polar surface area (TPSA) is 12.0 Å². The van der Waals surface area contributed by atoms with Gasteiger partial charge in [-0.1, -0.05) is 30.7 Å². The van der Waals surface area contributed by atoms with Crippen LogP contribution in [0.15, 0.2) is 24.3 Å². The molecule has 1 nitrogen and oxygen atoms in total. The van der Waals surface area contributed by atoms with E-state index in [0.717, 1.165) is 41.2 Å². The first kappa shape index (κ1) is 12.2. The minimum Gasteiger partial charge on any atom is -0.307 e. The fourth-order valence-electron chi connectivity index (χ4n) is 4.95. The van der Waals surface area contributed by atoms with Gasteiger partial charge in [-0.05, 0) is 67.1 Å². The van der Waals surface area contributed by atoms with Gasteiger partial charge in [0.2, 0.25) is 0 Å². The maximum absolute atomic E-state index is 6.12. The van der Waals surface area contributed by atoms with E-state index in [1.165, 1.54) is 24.8 Å². The zero-order chi connectivity index (χ0) is 13.0. The SMILES string of the molecule is CCC(NC1C2C3CCC(C3)C12)c1cccc(Cl)c1. The molecule has 3 saturated carbocycles. The van der Waals surface area contributed by atoms with Gasteiger partial charge in [0.15, 0.2) is 0 Å². The molecule has 0 aliphatic heterocycles. The third-order valence-corrected chi connectivity index (χ3v) is 6.02. The van der Waals surface area contributed by atoms with Crippen molar-refractivity contribution in [1.82, 2.24) is 5.32 Å². The van der Waals surface area contributed by atoms with Gasteiger partial charge in [0.1, 0.15) is 0 Å². The molecule has 0 amide bonds. The summed E-state index contributed by atoms with van der Waals surface area (Å²) in [6, 6.07) is 9.64. The molecule has 3 fully saturated rings. The molecule has 4 rings (SSSR count). The maximum atomic E-state index is 6.12. The predicted octanol–water partition coefficient (Wildman–Crippen LogP) is 4.43. The van der Waals surface area contributed by atoms with E-state index in [1.54, 1.807) is 0 Å². The Morgan fingerprint density at radius 2 is 2.00 bits per heavy atom. The Morgan fingerprint density at radius 3 is 2.63 bits per heavy atom. The number of benzene rings is 1. The minimum absolute atomic E-state index is 0.480. The van der Waals surface area contributed by atoms with Crippen molar-refractivity contribution >= 4 is 11.6 Å². The van der Waals surface area contributed by atoms with Crippen LogP contribution in [0.1, 0.15) is 44.2 Å². The zero-order valence-electron chi connectivity index (χ0n) is 11.5. The Labute approximate surface area is 120 Å². The van der Waals surface area contributed by atoms with Gasteiger partial charge in [0, 0.05) is 17.1 Å². The Kier molecular flexibility index (Phi) is 2.89. The second-order valence-electron chi connectivity index (χ2n) is 6.70. The van der Waals surface area contributed by atoms with Crippen LogP contribution in [0.2, 0.25) is 5.02 Å². The first-order chi connectivity index (χ1) is 9.28. The molecule has 0 aromatic heterocycles. The first-order valence-corrected chi connectivity index (χ1v) is 8.17. The van der Waals surface area contributed by atoms with Gasteiger partial charge in [0.05, 0.1) is 0 Å². The van der Waals surface area contributed by atoms with Crippen LogP contribution in [0, 0.1) is 23.7 Å². The Morgan fingerprint density at radius 1 is 1.26 bits per heavy atom. The lowest BCUT2D eigenvalue weighted by Gasteiger charge is -2.20. The summed E-state index contributed by atoms with van der Waals surface area (Å²) >= 11 is 6.12. The van der Waals surface area contributed by atoms with E-state index < -0.39 is 0 Å². The largest absolute Gasteiger partial charge is 0.307 e. The van der Waals surface area contributed by atoms with E-state index in [2.05, 4.69) is 30.4 Å². The van der Waals surface area contributed by atoms with Crippen molar-refractivity contribution in [2.45, 2.75) is 44.7 Å². The summed E-state index contributed by atoms with van der Waals surface area (Å²) in [6.07, 6.45) is 5.67. The van der Waals surface area contributed by atoms with E-state index >= 15 is 0 Å². The Bertz CT molecular complexity index is 470. The van der Waals surface area contributed by atoms with Crippen molar-refractivity contribution < 1.29 is 0 Å². The fourth-order valence-corrected chi connectivity index (χ4v) is 5.15. The van der Waals surface area contributed by atoms with Crippen molar-refractivity contribution in [3.8, 4) is 0 Å². The summed E-state index contributed by atoms with van der Waals surface area (Å²) in [5.74, 6) is 4.10. The number of hydrogen-bond donors (Lipinski definition) is 1. The van der Waals surface area contributed by atoms with Crippen LogP contribution in [-0.4, -0.2) is 6.04 Å². The van der Waals surface area contributed by atoms with Crippen molar-refractivity contribution in [1.29, 1.82) is 0 Å². The molecule has 102 valence electrons. The summed E-state index contributed by atoms with van der Waals surface area (Å²) in [4.78, 5) is 0. The standard InChI is InChI=1S/C17H22ClN/c1-2-14(10-4-3-5-13(18)9-10)19-17-15-11-6-7-12(8-11)16(15)17/h3-5,9,11-12,14-17,19H,2,6-8H2,1H3. The van der Waals surface area contributed by atoms with Crippen molar-refractivity contribution in [2.75, 3.05) is 0 Å². The molecule has 1 aromatic rings. The van der Waals surface area contributed by atoms with E-state index in [0.29, 0.717) is 6.04 Å². The molecular formula is C17H22ClN. The predicted molar refractivity (Wildman–Crippen MR) is 79.2 cm³/mol. The van der Waals surface area contributed by atoms with Crippen LogP contribution < -0.4 is 5.32 Å². The maximum Gasteiger partial charge on any atom is 0.0409 e.